The van der Waals surface area contributed by atoms with Gasteiger partial charge in [0.15, 0.2) is 0 Å². The third-order valence-electron chi connectivity index (χ3n) is 6.67. The summed E-state index contributed by atoms with van der Waals surface area (Å²) in [5.74, 6) is -0.750. The number of para-hydroxylation sites is 1. The molecule has 34 heavy (non-hydrogen) atoms. The van der Waals surface area contributed by atoms with Crippen LogP contribution in [0.3, 0.4) is 0 Å². The first kappa shape index (κ1) is 22.5. The minimum Gasteiger partial charge on any atom is -0.478 e. The van der Waals surface area contributed by atoms with Gasteiger partial charge >= 0.3 is 5.97 Å². The van der Waals surface area contributed by atoms with Crippen molar-refractivity contribution in [2.24, 2.45) is 5.92 Å². The molecule has 0 unspecified atom stereocenters. The van der Waals surface area contributed by atoms with E-state index in [1.165, 1.54) is 24.2 Å². The number of hydrogen-bond donors (Lipinski definition) is 1. The van der Waals surface area contributed by atoms with E-state index in [0.29, 0.717) is 23.9 Å². The van der Waals surface area contributed by atoms with Crippen molar-refractivity contribution < 1.29 is 19.5 Å². The van der Waals surface area contributed by atoms with E-state index in [1.54, 1.807) is 18.2 Å². The number of carbonyl (C=O) groups excluding carboxylic acids is 2. The van der Waals surface area contributed by atoms with Crippen molar-refractivity contribution >= 4 is 45.9 Å². The molecular weight excluding hydrogens is 448 g/mol. The summed E-state index contributed by atoms with van der Waals surface area (Å²) < 4.78 is 2.05. The fourth-order valence-electron chi connectivity index (χ4n) is 4.95. The second-order valence-corrected chi connectivity index (χ2v) is 10.0. The van der Waals surface area contributed by atoms with Crippen molar-refractivity contribution in [2.75, 3.05) is 6.54 Å². The zero-order valence-corrected chi connectivity index (χ0v) is 19.6. The number of aromatic carboxylic acids is 1. The van der Waals surface area contributed by atoms with Crippen LogP contribution in [-0.4, -0.2) is 38.2 Å². The van der Waals surface area contributed by atoms with Crippen molar-refractivity contribution in [3.8, 4) is 0 Å². The number of thioether (sulfide) groups is 1. The van der Waals surface area contributed by atoms with Gasteiger partial charge in [0.25, 0.3) is 11.1 Å². The monoisotopic (exact) mass is 474 g/mol. The van der Waals surface area contributed by atoms with Crippen LogP contribution in [0.25, 0.3) is 17.0 Å². The number of nitrogens with zero attached hydrogens (tertiary/aromatic N) is 2. The molecule has 2 aliphatic rings. The minimum atomic E-state index is -0.955. The SMILES string of the molecule is O=C(O)c1cccc(Cn2cc(/C=C3/SC(=O)N(CC4CCCCC4)C3=O)c3ccccc32)c1. The average molecular weight is 475 g/mol. The molecular formula is C27H26N2O4S. The van der Waals surface area contributed by atoms with Crippen LogP contribution in [0.4, 0.5) is 4.79 Å². The summed E-state index contributed by atoms with van der Waals surface area (Å²) in [6, 6.07) is 14.8. The highest BCUT2D eigenvalue weighted by atomic mass is 32.2. The maximum Gasteiger partial charge on any atom is 0.335 e. The molecule has 0 spiro atoms. The maximum absolute atomic E-state index is 13.1. The first-order valence-electron chi connectivity index (χ1n) is 11.6. The largest absolute Gasteiger partial charge is 0.478 e. The number of amides is 2. The predicted octanol–water partition coefficient (Wildman–Crippen LogP) is 6.00. The van der Waals surface area contributed by atoms with Gasteiger partial charge in [0.2, 0.25) is 0 Å². The molecule has 1 N–H and O–H groups in total. The predicted molar refractivity (Wildman–Crippen MR) is 134 cm³/mol. The fourth-order valence-corrected chi connectivity index (χ4v) is 5.79. The van der Waals surface area contributed by atoms with Gasteiger partial charge in [-0.3, -0.25) is 14.5 Å². The Balaban J connectivity index is 1.43. The molecule has 2 amide bonds. The lowest BCUT2D eigenvalue weighted by molar-refractivity contribution is -0.123. The molecule has 0 atom stereocenters. The lowest BCUT2D eigenvalue weighted by Crippen LogP contribution is -2.34. The highest BCUT2D eigenvalue weighted by Gasteiger charge is 2.36. The zero-order valence-electron chi connectivity index (χ0n) is 18.8. The van der Waals surface area contributed by atoms with Gasteiger partial charge in [-0.15, -0.1) is 0 Å². The quantitative estimate of drug-likeness (QED) is 0.443. The lowest BCUT2D eigenvalue weighted by Gasteiger charge is -2.25. The number of rotatable bonds is 6. The van der Waals surface area contributed by atoms with E-state index in [1.807, 2.05) is 42.6 Å². The third-order valence-corrected chi connectivity index (χ3v) is 7.58. The first-order valence-corrected chi connectivity index (χ1v) is 12.5. The Morgan fingerprint density at radius 2 is 1.85 bits per heavy atom. The Labute approximate surface area is 202 Å². The molecule has 174 valence electrons. The summed E-state index contributed by atoms with van der Waals surface area (Å²) in [5, 5.41) is 10.1. The number of carbonyl (C=O) groups is 3. The summed E-state index contributed by atoms with van der Waals surface area (Å²) in [5.41, 5.74) is 2.98. The summed E-state index contributed by atoms with van der Waals surface area (Å²) >= 11 is 1.02. The topological polar surface area (TPSA) is 79.6 Å². The first-order chi connectivity index (χ1) is 16.5. The molecule has 2 aromatic carbocycles. The van der Waals surface area contributed by atoms with Crippen LogP contribution in [0.5, 0.6) is 0 Å². The number of benzene rings is 2. The third kappa shape index (κ3) is 4.53. The number of aromatic nitrogens is 1. The van der Waals surface area contributed by atoms with Crippen LogP contribution in [-0.2, 0) is 11.3 Å². The highest BCUT2D eigenvalue weighted by Crippen LogP contribution is 2.36. The van der Waals surface area contributed by atoms with Crippen molar-refractivity contribution in [1.29, 1.82) is 0 Å². The van der Waals surface area contributed by atoms with Gasteiger partial charge < -0.3 is 9.67 Å². The normalized spacial score (nSPS) is 18.4. The molecule has 1 aromatic heterocycles. The Morgan fingerprint density at radius 1 is 1.06 bits per heavy atom. The van der Waals surface area contributed by atoms with Gasteiger partial charge in [0, 0.05) is 35.8 Å². The van der Waals surface area contributed by atoms with Crippen molar-refractivity contribution in [3.63, 3.8) is 0 Å². The van der Waals surface area contributed by atoms with E-state index in [0.717, 1.165) is 46.6 Å². The van der Waals surface area contributed by atoms with E-state index in [2.05, 4.69) is 4.57 Å². The van der Waals surface area contributed by atoms with Gasteiger partial charge in [-0.1, -0.05) is 49.6 Å². The van der Waals surface area contributed by atoms with Crippen LogP contribution in [0.15, 0.2) is 59.6 Å². The fraction of sp³-hybridized carbons (Fsp3) is 0.296. The van der Waals surface area contributed by atoms with Crippen LogP contribution >= 0.6 is 11.8 Å². The van der Waals surface area contributed by atoms with Gasteiger partial charge in [-0.2, -0.15) is 0 Å². The smallest absolute Gasteiger partial charge is 0.335 e. The average Bonchev–Trinajstić information content (AvgIpc) is 3.32. The Bertz CT molecular complexity index is 1300. The number of imide groups is 1. The van der Waals surface area contributed by atoms with Gasteiger partial charge in [-0.05, 0) is 60.4 Å². The van der Waals surface area contributed by atoms with Gasteiger partial charge in [0.1, 0.15) is 0 Å². The molecule has 0 radical (unpaired) electrons. The van der Waals surface area contributed by atoms with Gasteiger partial charge in [0.05, 0.1) is 10.5 Å². The Morgan fingerprint density at radius 3 is 2.65 bits per heavy atom. The van der Waals surface area contributed by atoms with Crippen molar-refractivity contribution in [3.05, 3.63) is 76.3 Å². The Hall–Kier alpha value is -3.32. The highest BCUT2D eigenvalue weighted by molar-refractivity contribution is 8.18. The molecule has 2 fully saturated rings. The summed E-state index contributed by atoms with van der Waals surface area (Å²) in [6.07, 6.45) is 9.53. The van der Waals surface area contributed by atoms with E-state index >= 15 is 0 Å². The van der Waals surface area contributed by atoms with E-state index in [9.17, 15) is 19.5 Å². The van der Waals surface area contributed by atoms with Crippen molar-refractivity contribution in [2.45, 2.75) is 38.6 Å². The van der Waals surface area contributed by atoms with Crippen LogP contribution in [0.1, 0.15) is 53.6 Å². The summed E-state index contributed by atoms with van der Waals surface area (Å²) in [7, 11) is 0. The van der Waals surface area contributed by atoms with Crippen LogP contribution < -0.4 is 0 Å². The van der Waals surface area contributed by atoms with Gasteiger partial charge in [-0.25, -0.2) is 4.79 Å². The maximum atomic E-state index is 13.1. The molecule has 0 bridgehead atoms. The molecule has 2 heterocycles. The van der Waals surface area contributed by atoms with E-state index < -0.39 is 5.97 Å². The minimum absolute atomic E-state index is 0.184. The van der Waals surface area contributed by atoms with E-state index in [-0.39, 0.29) is 16.7 Å². The zero-order chi connectivity index (χ0) is 23.7. The van der Waals surface area contributed by atoms with E-state index in [4.69, 9.17) is 0 Å². The lowest BCUT2D eigenvalue weighted by atomic mass is 9.89. The molecule has 3 aromatic rings. The second kappa shape index (κ2) is 9.50. The molecule has 7 heteroatoms. The standard InChI is InChI=1S/C27H26N2O4S/c30-25-24(34-27(33)29(25)16-18-7-2-1-3-8-18)14-21-17-28(23-12-5-4-11-22(21)23)15-19-9-6-10-20(13-19)26(31)32/h4-6,9-14,17-18H,1-3,7-8,15-16H2,(H,31,32)/b24-14+. The number of hydrogen-bond acceptors (Lipinski definition) is 4. The van der Waals surface area contributed by atoms with Crippen LogP contribution in [0.2, 0.25) is 0 Å². The molecule has 5 rings (SSSR count). The molecule has 1 saturated heterocycles. The molecule has 1 saturated carbocycles. The Kier molecular flexibility index (Phi) is 6.28. The van der Waals surface area contributed by atoms with Crippen LogP contribution in [0, 0.1) is 5.92 Å². The molecule has 6 nitrogen and oxygen atoms in total. The summed E-state index contributed by atoms with van der Waals surface area (Å²) in [4.78, 5) is 38.9. The second-order valence-electron chi connectivity index (χ2n) is 9.03. The number of carboxylic acids is 1. The number of fused-ring (bicyclic) bond motifs is 1. The molecule has 1 aliphatic heterocycles. The summed E-state index contributed by atoms with van der Waals surface area (Å²) in [6.45, 7) is 1.02. The molecule has 1 aliphatic carbocycles. The number of carboxylic acid groups (broad SMARTS) is 1. The van der Waals surface area contributed by atoms with Crippen molar-refractivity contribution in [1.82, 2.24) is 9.47 Å².